The molecule has 136 valence electrons. The van der Waals surface area contributed by atoms with Gasteiger partial charge in [-0.2, -0.15) is 0 Å². The summed E-state index contributed by atoms with van der Waals surface area (Å²) in [6.07, 6.45) is 4.97. The third kappa shape index (κ3) is 4.52. The van der Waals surface area contributed by atoms with E-state index in [1.807, 2.05) is 19.9 Å². The molecule has 0 aromatic heterocycles. The minimum Gasteiger partial charge on any atom is -0.508 e. The number of carbonyl (C=O) groups excluding carboxylic acids is 1. The number of hydrogen-bond acceptors (Lipinski definition) is 5. The van der Waals surface area contributed by atoms with Crippen LogP contribution in [0.15, 0.2) is 48.1 Å². The van der Waals surface area contributed by atoms with Crippen molar-refractivity contribution in [2.45, 2.75) is 26.9 Å². The van der Waals surface area contributed by atoms with Crippen molar-refractivity contribution in [2.75, 3.05) is 0 Å². The number of carbonyl (C=O) groups is 1. The summed E-state index contributed by atoms with van der Waals surface area (Å²) in [4.78, 5) is 12.5. The first-order valence-electron chi connectivity index (χ1n) is 8.15. The molecule has 0 bridgehead atoms. The number of phenolic OH excluding ortho intramolecular Hbond substituents is 3. The Hall–Kier alpha value is -3.05. The normalized spacial score (nSPS) is 10.9. The fourth-order valence-electron chi connectivity index (χ4n) is 2.51. The molecule has 5 heteroatoms. The van der Waals surface area contributed by atoms with Gasteiger partial charge in [-0.25, -0.2) is 0 Å². The lowest BCUT2D eigenvalue weighted by atomic mass is 9.95. The number of aromatic hydroxyl groups is 3. The number of hydrogen-bond donors (Lipinski definition) is 4. The Labute approximate surface area is 152 Å². The highest BCUT2D eigenvalue weighted by Gasteiger charge is 2.20. The Balaban J connectivity index is 2.41. The number of ketones is 1. The van der Waals surface area contributed by atoms with Crippen molar-refractivity contribution in [1.82, 2.24) is 0 Å². The Kier molecular flexibility index (Phi) is 6.20. The van der Waals surface area contributed by atoms with E-state index in [0.29, 0.717) is 23.1 Å². The summed E-state index contributed by atoms with van der Waals surface area (Å²) >= 11 is 0. The van der Waals surface area contributed by atoms with Crippen molar-refractivity contribution in [1.29, 1.82) is 0 Å². The van der Waals surface area contributed by atoms with Crippen molar-refractivity contribution >= 4 is 11.9 Å². The van der Waals surface area contributed by atoms with Crippen LogP contribution < -0.4 is 0 Å². The van der Waals surface area contributed by atoms with Crippen molar-refractivity contribution < 1.29 is 25.2 Å². The smallest absolute Gasteiger partial charge is 0.193 e. The third-order valence-corrected chi connectivity index (χ3v) is 3.93. The molecule has 4 N–H and O–H groups in total. The molecular formula is C21H22O5. The molecule has 0 saturated carbocycles. The summed E-state index contributed by atoms with van der Waals surface area (Å²) in [6.45, 7) is 3.45. The Bertz CT molecular complexity index is 857. The van der Waals surface area contributed by atoms with Gasteiger partial charge in [0.1, 0.15) is 22.8 Å². The van der Waals surface area contributed by atoms with Crippen LogP contribution in [-0.2, 0) is 13.0 Å². The quantitative estimate of drug-likeness (QED) is 0.360. The monoisotopic (exact) mass is 354 g/mol. The molecule has 0 spiro atoms. The summed E-state index contributed by atoms with van der Waals surface area (Å²) in [5.41, 5.74) is 2.30. The molecule has 5 nitrogen and oxygen atoms in total. The lowest BCUT2D eigenvalue weighted by Gasteiger charge is -2.13. The van der Waals surface area contributed by atoms with Gasteiger partial charge in [-0.15, -0.1) is 0 Å². The Morgan fingerprint density at radius 1 is 1.08 bits per heavy atom. The molecule has 0 amide bonds. The number of aliphatic hydroxyl groups is 1. The van der Waals surface area contributed by atoms with Crippen LogP contribution in [0.4, 0.5) is 0 Å². The number of benzene rings is 2. The van der Waals surface area contributed by atoms with E-state index in [-0.39, 0.29) is 29.4 Å². The van der Waals surface area contributed by atoms with E-state index >= 15 is 0 Å². The molecule has 0 aliphatic carbocycles. The van der Waals surface area contributed by atoms with Crippen LogP contribution in [0, 0.1) is 0 Å². The molecule has 0 atom stereocenters. The van der Waals surface area contributed by atoms with Crippen molar-refractivity contribution in [2.24, 2.45) is 0 Å². The highest BCUT2D eigenvalue weighted by Crippen LogP contribution is 2.35. The molecular weight excluding hydrogens is 332 g/mol. The van der Waals surface area contributed by atoms with Crippen molar-refractivity contribution in [3.8, 4) is 17.2 Å². The van der Waals surface area contributed by atoms with Gasteiger partial charge in [0, 0.05) is 5.56 Å². The summed E-state index contributed by atoms with van der Waals surface area (Å²) in [5.74, 6) is -1.15. The van der Waals surface area contributed by atoms with Crippen LogP contribution in [-0.4, -0.2) is 26.2 Å². The van der Waals surface area contributed by atoms with Crippen molar-refractivity contribution in [3.05, 3.63) is 70.3 Å². The highest BCUT2D eigenvalue weighted by atomic mass is 16.3. The van der Waals surface area contributed by atoms with Crippen LogP contribution in [0.2, 0.25) is 0 Å². The second-order valence-electron chi connectivity index (χ2n) is 6.19. The van der Waals surface area contributed by atoms with Crippen LogP contribution in [0.5, 0.6) is 17.2 Å². The predicted molar refractivity (Wildman–Crippen MR) is 100 cm³/mol. The molecule has 2 aromatic rings. The van der Waals surface area contributed by atoms with Gasteiger partial charge in [0.05, 0.1) is 6.61 Å². The van der Waals surface area contributed by atoms with Crippen LogP contribution in [0.25, 0.3) is 6.08 Å². The molecule has 2 rings (SSSR count). The van der Waals surface area contributed by atoms with Crippen LogP contribution >= 0.6 is 0 Å². The molecule has 0 unspecified atom stereocenters. The summed E-state index contributed by atoms with van der Waals surface area (Å²) < 4.78 is 0. The SMILES string of the molecule is CC(C)=CCc1c(CO)cc(O)c(C(=O)/C=C/c2ccc(O)cc2)c1O. The highest BCUT2D eigenvalue weighted by molar-refractivity contribution is 6.10. The third-order valence-electron chi connectivity index (χ3n) is 3.93. The predicted octanol–water partition coefficient (Wildman–Crippen LogP) is 3.70. The zero-order valence-electron chi connectivity index (χ0n) is 14.7. The molecule has 0 saturated heterocycles. The first-order chi connectivity index (χ1) is 12.3. The molecule has 26 heavy (non-hydrogen) atoms. The van der Waals surface area contributed by atoms with Gasteiger partial charge in [-0.3, -0.25) is 4.79 Å². The zero-order valence-corrected chi connectivity index (χ0v) is 14.7. The van der Waals surface area contributed by atoms with Crippen LogP contribution in [0.1, 0.15) is 40.9 Å². The fourth-order valence-corrected chi connectivity index (χ4v) is 2.51. The second kappa shape index (κ2) is 8.36. The minimum atomic E-state index is -0.559. The average Bonchev–Trinajstić information content (AvgIpc) is 2.59. The van der Waals surface area contributed by atoms with Crippen LogP contribution in [0.3, 0.4) is 0 Å². The number of allylic oxidation sites excluding steroid dienone is 3. The standard InChI is InChI=1S/C21H22O5/c1-13(2)3-9-17-15(12-22)11-19(25)20(21(17)26)18(24)10-6-14-4-7-16(23)8-5-14/h3-8,10-11,22-23,25-26H,9,12H2,1-2H3/b10-6+. The molecule has 0 fully saturated rings. The first kappa shape index (κ1) is 19.3. The number of rotatable bonds is 6. The molecule has 0 aliphatic heterocycles. The maximum Gasteiger partial charge on any atom is 0.193 e. The fraction of sp³-hybridized carbons (Fsp3) is 0.190. The van der Waals surface area contributed by atoms with E-state index in [1.165, 1.54) is 30.4 Å². The van der Waals surface area contributed by atoms with Gasteiger partial charge < -0.3 is 20.4 Å². The van der Waals surface area contributed by atoms with Gasteiger partial charge in [-0.1, -0.05) is 29.9 Å². The van der Waals surface area contributed by atoms with E-state index in [2.05, 4.69) is 0 Å². The van der Waals surface area contributed by atoms with E-state index in [0.717, 1.165) is 5.57 Å². The molecule has 0 radical (unpaired) electrons. The molecule has 2 aromatic carbocycles. The Morgan fingerprint density at radius 3 is 2.31 bits per heavy atom. The first-order valence-corrected chi connectivity index (χ1v) is 8.15. The van der Waals surface area contributed by atoms with Gasteiger partial charge in [0.15, 0.2) is 5.78 Å². The number of aliphatic hydroxyl groups excluding tert-OH is 1. The van der Waals surface area contributed by atoms with Crippen molar-refractivity contribution in [3.63, 3.8) is 0 Å². The van der Waals surface area contributed by atoms with Gasteiger partial charge in [0.25, 0.3) is 0 Å². The van der Waals surface area contributed by atoms with E-state index in [9.17, 15) is 25.2 Å². The summed E-state index contributed by atoms with van der Waals surface area (Å²) in [5, 5.41) is 39.4. The summed E-state index contributed by atoms with van der Waals surface area (Å²) in [7, 11) is 0. The van der Waals surface area contributed by atoms with E-state index in [4.69, 9.17) is 0 Å². The van der Waals surface area contributed by atoms with E-state index < -0.39 is 5.78 Å². The lowest BCUT2D eigenvalue weighted by molar-refractivity contribution is 0.104. The maximum absolute atomic E-state index is 12.5. The topological polar surface area (TPSA) is 98.0 Å². The average molecular weight is 354 g/mol. The molecule has 0 heterocycles. The van der Waals surface area contributed by atoms with Gasteiger partial charge >= 0.3 is 0 Å². The zero-order chi connectivity index (χ0) is 19.3. The Morgan fingerprint density at radius 2 is 1.73 bits per heavy atom. The van der Waals surface area contributed by atoms with Gasteiger partial charge in [0.2, 0.25) is 0 Å². The minimum absolute atomic E-state index is 0.118. The lowest BCUT2D eigenvalue weighted by Crippen LogP contribution is -2.02. The summed E-state index contributed by atoms with van der Waals surface area (Å²) in [6, 6.07) is 7.55. The largest absolute Gasteiger partial charge is 0.508 e. The maximum atomic E-state index is 12.5. The van der Waals surface area contributed by atoms with E-state index in [1.54, 1.807) is 12.1 Å². The molecule has 0 aliphatic rings. The second-order valence-corrected chi connectivity index (χ2v) is 6.19. The number of phenols is 3. The van der Waals surface area contributed by atoms with Gasteiger partial charge in [-0.05, 0) is 55.7 Å².